The number of carbonyl (C=O) groups excluding carboxylic acids is 1. The molecule has 2 aliphatic rings. The van der Waals surface area contributed by atoms with E-state index in [0.717, 1.165) is 6.54 Å². The first-order chi connectivity index (χ1) is 9.14. The number of likely N-dealkylation sites (tertiary alicyclic amines) is 1. The van der Waals surface area contributed by atoms with Gasteiger partial charge in [-0.15, -0.1) is 12.4 Å². The smallest absolute Gasteiger partial charge is 0.236 e. The van der Waals surface area contributed by atoms with E-state index in [-0.39, 0.29) is 23.9 Å². The molecule has 20 heavy (non-hydrogen) atoms. The predicted molar refractivity (Wildman–Crippen MR) is 85.1 cm³/mol. The summed E-state index contributed by atoms with van der Waals surface area (Å²) >= 11 is 0. The van der Waals surface area contributed by atoms with Crippen LogP contribution in [0.15, 0.2) is 0 Å². The first kappa shape index (κ1) is 17.7. The van der Waals surface area contributed by atoms with Crippen LogP contribution in [0.2, 0.25) is 0 Å². The Morgan fingerprint density at radius 1 is 1.15 bits per heavy atom. The number of hydrogen-bond donors (Lipinski definition) is 2. The molecule has 1 aliphatic heterocycles. The molecule has 0 aromatic rings. The monoisotopic (exact) mass is 303 g/mol. The number of rotatable bonds is 4. The van der Waals surface area contributed by atoms with Crippen LogP contribution in [0.25, 0.3) is 0 Å². The van der Waals surface area contributed by atoms with Gasteiger partial charge in [0.05, 0.1) is 6.04 Å². The van der Waals surface area contributed by atoms with Crippen LogP contribution in [0.4, 0.5) is 0 Å². The summed E-state index contributed by atoms with van der Waals surface area (Å²) in [4.78, 5) is 14.4. The van der Waals surface area contributed by atoms with Gasteiger partial charge in [-0.25, -0.2) is 0 Å². The zero-order chi connectivity index (χ0) is 13.7. The molecule has 0 bridgehead atoms. The van der Waals surface area contributed by atoms with E-state index in [0.29, 0.717) is 0 Å². The van der Waals surface area contributed by atoms with Crippen LogP contribution in [0.3, 0.4) is 0 Å². The number of carbonyl (C=O) groups is 1. The quantitative estimate of drug-likeness (QED) is 0.836. The molecule has 1 saturated carbocycles. The van der Waals surface area contributed by atoms with Crippen LogP contribution >= 0.6 is 12.4 Å². The van der Waals surface area contributed by atoms with Crippen LogP contribution in [-0.2, 0) is 4.79 Å². The molecule has 0 radical (unpaired) electrons. The number of piperidine rings is 1. The summed E-state index contributed by atoms with van der Waals surface area (Å²) in [7, 11) is 0. The molecular weight excluding hydrogens is 274 g/mol. The summed E-state index contributed by atoms with van der Waals surface area (Å²) in [5.41, 5.74) is 5.86. The van der Waals surface area contributed by atoms with Crippen molar-refractivity contribution in [2.75, 3.05) is 19.6 Å². The maximum absolute atomic E-state index is 11.8. The molecule has 2 rings (SSSR count). The molecule has 1 heterocycles. The lowest BCUT2D eigenvalue weighted by Gasteiger charge is -2.48. The van der Waals surface area contributed by atoms with E-state index < -0.39 is 6.04 Å². The van der Waals surface area contributed by atoms with E-state index in [1.165, 1.54) is 64.5 Å². The first-order valence-corrected chi connectivity index (χ1v) is 7.92. The summed E-state index contributed by atoms with van der Waals surface area (Å²) in [5, 5.41) is 3.08. The fraction of sp³-hybridized carbons (Fsp3) is 0.933. The Balaban J connectivity index is 0.00000200. The minimum absolute atomic E-state index is 0. The van der Waals surface area contributed by atoms with Crippen molar-refractivity contribution in [2.45, 2.75) is 69.9 Å². The van der Waals surface area contributed by atoms with Crippen LogP contribution in [0, 0.1) is 0 Å². The molecular formula is C15H30ClN3O. The fourth-order valence-corrected chi connectivity index (χ4v) is 3.60. The molecule has 0 unspecified atom stereocenters. The van der Waals surface area contributed by atoms with Gasteiger partial charge in [0, 0.05) is 12.1 Å². The van der Waals surface area contributed by atoms with Crippen LogP contribution in [-0.4, -0.2) is 42.0 Å². The molecule has 1 saturated heterocycles. The third-order valence-electron chi connectivity index (χ3n) is 4.82. The highest BCUT2D eigenvalue weighted by molar-refractivity contribution is 5.85. The predicted octanol–water partition coefficient (Wildman–Crippen LogP) is 2.06. The Kier molecular flexibility index (Phi) is 7.27. The van der Waals surface area contributed by atoms with Crippen LogP contribution in [0.1, 0.15) is 58.3 Å². The van der Waals surface area contributed by atoms with Crippen molar-refractivity contribution in [1.29, 1.82) is 0 Å². The Morgan fingerprint density at radius 3 is 2.25 bits per heavy atom. The minimum Gasteiger partial charge on any atom is -0.353 e. The van der Waals surface area contributed by atoms with Crippen molar-refractivity contribution in [1.82, 2.24) is 10.2 Å². The summed E-state index contributed by atoms with van der Waals surface area (Å²) in [6.45, 7) is 4.94. The molecule has 118 valence electrons. The molecule has 0 spiro atoms. The van der Waals surface area contributed by atoms with Gasteiger partial charge in [-0.1, -0.05) is 25.7 Å². The van der Waals surface area contributed by atoms with Crippen molar-refractivity contribution in [3.63, 3.8) is 0 Å². The fourth-order valence-electron chi connectivity index (χ4n) is 3.60. The molecule has 0 aromatic carbocycles. The average Bonchev–Trinajstić information content (AvgIpc) is 2.46. The van der Waals surface area contributed by atoms with Gasteiger partial charge < -0.3 is 11.1 Å². The SMILES string of the molecule is C[C@H](N)C(=O)NCC1(N2CCCCC2)CCCCC1.Cl. The number of halogens is 1. The standard InChI is InChI=1S/C15H29N3O.ClH/c1-13(16)14(19)17-12-15(8-4-2-5-9-15)18-10-6-3-7-11-18;/h13H,2-12,16H2,1H3,(H,17,19);1H/t13-;/m0./s1. The maximum atomic E-state index is 11.8. The van der Waals surface area contributed by atoms with E-state index >= 15 is 0 Å². The minimum atomic E-state index is -0.401. The summed E-state index contributed by atoms with van der Waals surface area (Å²) in [5.74, 6) is -0.0121. The topological polar surface area (TPSA) is 58.4 Å². The number of nitrogens with one attached hydrogen (secondary N) is 1. The van der Waals surface area contributed by atoms with Crippen molar-refractivity contribution in [3.05, 3.63) is 0 Å². The Bertz CT molecular complexity index is 297. The number of nitrogens with two attached hydrogens (primary N) is 1. The van der Waals surface area contributed by atoms with Gasteiger partial charge in [-0.05, 0) is 45.7 Å². The molecule has 1 atom stereocenters. The van der Waals surface area contributed by atoms with Gasteiger partial charge in [0.1, 0.15) is 0 Å². The lowest BCUT2D eigenvalue weighted by atomic mass is 9.79. The van der Waals surface area contributed by atoms with Gasteiger partial charge in [0.25, 0.3) is 0 Å². The largest absolute Gasteiger partial charge is 0.353 e. The van der Waals surface area contributed by atoms with Crippen molar-refractivity contribution in [3.8, 4) is 0 Å². The van der Waals surface area contributed by atoms with Crippen LogP contribution < -0.4 is 11.1 Å². The zero-order valence-corrected chi connectivity index (χ0v) is 13.5. The van der Waals surface area contributed by atoms with Gasteiger partial charge in [-0.3, -0.25) is 9.69 Å². The third-order valence-corrected chi connectivity index (χ3v) is 4.82. The summed E-state index contributed by atoms with van der Waals surface area (Å²) in [6, 6.07) is -0.401. The van der Waals surface area contributed by atoms with Gasteiger partial charge in [-0.2, -0.15) is 0 Å². The van der Waals surface area contributed by atoms with E-state index in [2.05, 4.69) is 10.2 Å². The van der Waals surface area contributed by atoms with E-state index in [4.69, 9.17) is 5.73 Å². The Hall–Kier alpha value is -0.320. The lowest BCUT2D eigenvalue weighted by Crippen LogP contribution is -2.59. The highest BCUT2D eigenvalue weighted by Crippen LogP contribution is 2.35. The molecule has 5 heteroatoms. The first-order valence-electron chi connectivity index (χ1n) is 7.92. The summed E-state index contributed by atoms with van der Waals surface area (Å²) < 4.78 is 0. The second-order valence-electron chi connectivity index (χ2n) is 6.34. The summed E-state index contributed by atoms with van der Waals surface area (Å²) in [6.07, 6.45) is 10.4. The van der Waals surface area contributed by atoms with Crippen molar-refractivity contribution >= 4 is 18.3 Å². The van der Waals surface area contributed by atoms with E-state index in [9.17, 15) is 4.79 Å². The molecule has 3 N–H and O–H groups in total. The number of nitrogens with zero attached hydrogens (tertiary/aromatic N) is 1. The average molecular weight is 304 g/mol. The second-order valence-corrected chi connectivity index (χ2v) is 6.34. The van der Waals surface area contributed by atoms with E-state index in [1.54, 1.807) is 6.92 Å². The third kappa shape index (κ3) is 4.34. The number of amides is 1. The van der Waals surface area contributed by atoms with Crippen LogP contribution in [0.5, 0.6) is 0 Å². The highest BCUT2D eigenvalue weighted by Gasteiger charge is 2.38. The molecule has 0 aromatic heterocycles. The lowest BCUT2D eigenvalue weighted by molar-refractivity contribution is -0.123. The number of hydrogen-bond acceptors (Lipinski definition) is 3. The van der Waals surface area contributed by atoms with Gasteiger partial charge in [0.2, 0.25) is 5.91 Å². The molecule has 4 nitrogen and oxygen atoms in total. The highest BCUT2D eigenvalue weighted by atomic mass is 35.5. The molecule has 1 aliphatic carbocycles. The van der Waals surface area contributed by atoms with Gasteiger partial charge >= 0.3 is 0 Å². The Labute approximate surface area is 129 Å². The molecule has 2 fully saturated rings. The van der Waals surface area contributed by atoms with Crippen molar-refractivity contribution in [2.24, 2.45) is 5.73 Å². The normalized spacial score (nSPS) is 24.5. The molecule has 1 amide bonds. The second kappa shape index (κ2) is 8.20. The Morgan fingerprint density at radius 2 is 1.70 bits per heavy atom. The van der Waals surface area contributed by atoms with E-state index in [1.807, 2.05) is 0 Å². The van der Waals surface area contributed by atoms with Gasteiger partial charge in [0.15, 0.2) is 0 Å². The maximum Gasteiger partial charge on any atom is 0.236 e. The zero-order valence-electron chi connectivity index (χ0n) is 12.7. The van der Waals surface area contributed by atoms with Crippen molar-refractivity contribution < 1.29 is 4.79 Å².